The molecule has 2 bridgehead atoms. The first-order chi connectivity index (χ1) is 4.79. The van der Waals surface area contributed by atoms with Crippen LogP contribution in [0.3, 0.4) is 0 Å². The van der Waals surface area contributed by atoms with Gasteiger partial charge < -0.3 is 4.74 Å². The van der Waals surface area contributed by atoms with E-state index in [4.69, 9.17) is 4.74 Å². The van der Waals surface area contributed by atoms with Crippen LogP contribution in [0.25, 0.3) is 0 Å². The highest BCUT2D eigenvalue weighted by Gasteiger charge is 2.43. The molecule has 1 heterocycles. The van der Waals surface area contributed by atoms with E-state index < -0.39 is 0 Å². The molecule has 2 aliphatic rings. The van der Waals surface area contributed by atoms with Crippen molar-refractivity contribution in [2.24, 2.45) is 11.8 Å². The lowest BCUT2D eigenvalue weighted by Gasteiger charge is -2.20. The van der Waals surface area contributed by atoms with Crippen LogP contribution in [0.5, 0.6) is 0 Å². The topological polar surface area (TPSA) is 26.3 Å². The summed E-state index contributed by atoms with van der Waals surface area (Å²) in [6.07, 6.45) is 3.57. The van der Waals surface area contributed by atoms with Crippen molar-refractivity contribution in [3.05, 3.63) is 0 Å². The summed E-state index contributed by atoms with van der Waals surface area (Å²) in [4.78, 5) is 11.0. The Labute approximate surface area is 60.6 Å². The Balaban J connectivity index is 2.22. The standard InChI is InChI=1S/C8H12O2/c1-5-6-3-2-4-7(5)10-8(6)9/h5-7H,2-4H2,1H3. The van der Waals surface area contributed by atoms with Crippen molar-refractivity contribution in [3.8, 4) is 0 Å². The minimum absolute atomic E-state index is 0.0509. The number of fused-ring (bicyclic) bond motifs is 2. The Hall–Kier alpha value is -0.530. The number of esters is 1. The van der Waals surface area contributed by atoms with Crippen LogP contribution in [0.15, 0.2) is 0 Å². The molecule has 0 amide bonds. The average molecular weight is 140 g/mol. The summed E-state index contributed by atoms with van der Waals surface area (Å²) in [5.74, 6) is 0.773. The Morgan fingerprint density at radius 2 is 2.30 bits per heavy atom. The van der Waals surface area contributed by atoms with Crippen molar-refractivity contribution in [2.45, 2.75) is 32.3 Å². The minimum atomic E-state index is 0.0509. The molecule has 0 aromatic heterocycles. The van der Waals surface area contributed by atoms with E-state index >= 15 is 0 Å². The molecule has 10 heavy (non-hydrogen) atoms. The summed E-state index contributed by atoms with van der Waals surface area (Å²) in [5.41, 5.74) is 0. The maximum Gasteiger partial charge on any atom is 0.309 e. The quantitative estimate of drug-likeness (QED) is 0.475. The van der Waals surface area contributed by atoms with Gasteiger partial charge in [0.15, 0.2) is 0 Å². The number of carbonyl (C=O) groups excluding carboxylic acids is 1. The van der Waals surface area contributed by atoms with Crippen molar-refractivity contribution in [1.82, 2.24) is 0 Å². The van der Waals surface area contributed by atoms with Gasteiger partial charge in [-0.05, 0) is 19.3 Å². The second-order valence-corrected chi connectivity index (χ2v) is 3.37. The molecule has 0 aromatic rings. The second kappa shape index (κ2) is 1.97. The summed E-state index contributed by atoms with van der Waals surface area (Å²) in [6.45, 7) is 2.12. The molecule has 0 spiro atoms. The van der Waals surface area contributed by atoms with Crippen molar-refractivity contribution >= 4 is 5.97 Å². The van der Waals surface area contributed by atoms with Crippen molar-refractivity contribution < 1.29 is 9.53 Å². The molecular formula is C8H12O2. The molecule has 2 fully saturated rings. The van der Waals surface area contributed by atoms with E-state index in [2.05, 4.69) is 6.92 Å². The molecule has 0 aromatic carbocycles. The van der Waals surface area contributed by atoms with Gasteiger partial charge in [0.25, 0.3) is 0 Å². The number of rotatable bonds is 0. The highest BCUT2D eigenvalue weighted by atomic mass is 16.6. The van der Waals surface area contributed by atoms with Gasteiger partial charge in [-0.25, -0.2) is 0 Å². The van der Waals surface area contributed by atoms with Crippen molar-refractivity contribution in [3.63, 3.8) is 0 Å². The molecule has 1 aliphatic heterocycles. The van der Waals surface area contributed by atoms with Crippen molar-refractivity contribution in [1.29, 1.82) is 0 Å². The molecule has 0 N–H and O–H groups in total. The third-order valence-electron chi connectivity index (χ3n) is 2.80. The van der Waals surface area contributed by atoms with E-state index in [0.717, 1.165) is 12.8 Å². The fraction of sp³-hybridized carbons (Fsp3) is 0.875. The van der Waals surface area contributed by atoms with E-state index in [1.165, 1.54) is 6.42 Å². The second-order valence-electron chi connectivity index (χ2n) is 3.37. The van der Waals surface area contributed by atoms with Gasteiger partial charge in [0, 0.05) is 5.92 Å². The third-order valence-corrected chi connectivity index (χ3v) is 2.80. The van der Waals surface area contributed by atoms with E-state index in [1.807, 2.05) is 0 Å². The minimum Gasteiger partial charge on any atom is -0.462 e. The maximum atomic E-state index is 11.0. The van der Waals surface area contributed by atoms with Gasteiger partial charge >= 0.3 is 5.97 Å². The van der Waals surface area contributed by atoms with Gasteiger partial charge in [0.05, 0.1) is 5.92 Å². The van der Waals surface area contributed by atoms with Crippen LogP contribution in [0, 0.1) is 11.8 Å². The predicted octanol–water partition coefficient (Wildman–Crippen LogP) is 1.35. The molecule has 2 rings (SSSR count). The molecule has 2 heteroatoms. The third kappa shape index (κ3) is 0.678. The summed E-state index contributed by atoms with van der Waals surface area (Å²) >= 11 is 0. The first kappa shape index (κ1) is 6.20. The molecule has 1 saturated carbocycles. The summed E-state index contributed by atoms with van der Waals surface area (Å²) in [6, 6.07) is 0. The van der Waals surface area contributed by atoms with Crippen LogP contribution in [-0.4, -0.2) is 12.1 Å². The summed E-state index contributed by atoms with van der Waals surface area (Å²) < 4.78 is 5.16. The van der Waals surface area contributed by atoms with E-state index in [9.17, 15) is 4.79 Å². The molecule has 0 radical (unpaired) electrons. The zero-order chi connectivity index (χ0) is 7.14. The van der Waals surface area contributed by atoms with Gasteiger partial charge in [-0.2, -0.15) is 0 Å². The molecule has 3 unspecified atom stereocenters. The molecule has 3 atom stereocenters. The molecule has 56 valence electrons. The van der Waals surface area contributed by atoms with Gasteiger partial charge in [0.2, 0.25) is 0 Å². The predicted molar refractivity (Wildman–Crippen MR) is 36.4 cm³/mol. The van der Waals surface area contributed by atoms with Crippen LogP contribution in [0.1, 0.15) is 26.2 Å². The lowest BCUT2D eigenvalue weighted by molar-refractivity contribution is -0.143. The monoisotopic (exact) mass is 140 g/mol. The Morgan fingerprint density at radius 3 is 2.90 bits per heavy atom. The summed E-state index contributed by atoms with van der Waals surface area (Å²) in [7, 11) is 0. The zero-order valence-corrected chi connectivity index (χ0v) is 6.17. The van der Waals surface area contributed by atoms with E-state index in [-0.39, 0.29) is 18.0 Å². The zero-order valence-electron chi connectivity index (χ0n) is 6.17. The van der Waals surface area contributed by atoms with Gasteiger partial charge in [-0.15, -0.1) is 0 Å². The van der Waals surface area contributed by atoms with E-state index in [1.54, 1.807) is 0 Å². The average Bonchev–Trinajstić information content (AvgIpc) is 2.16. The van der Waals surface area contributed by atoms with Gasteiger partial charge in [-0.3, -0.25) is 4.79 Å². The first-order valence-corrected chi connectivity index (χ1v) is 3.99. The normalized spacial score (nSPS) is 45.3. The molecule has 2 nitrogen and oxygen atoms in total. The number of hydrogen-bond donors (Lipinski definition) is 0. The lowest BCUT2D eigenvalue weighted by Crippen LogP contribution is -2.22. The van der Waals surface area contributed by atoms with Crippen LogP contribution >= 0.6 is 0 Å². The van der Waals surface area contributed by atoms with Crippen LogP contribution in [-0.2, 0) is 9.53 Å². The SMILES string of the molecule is CC1C2CCCC1C(=O)O2. The highest BCUT2D eigenvalue weighted by Crippen LogP contribution is 2.38. The Morgan fingerprint density at radius 1 is 1.50 bits per heavy atom. The van der Waals surface area contributed by atoms with Crippen LogP contribution in [0.4, 0.5) is 0 Å². The van der Waals surface area contributed by atoms with Crippen molar-refractivity contribution in [2.75, 3.05) is 0 Å². The lowest BCUT2D eigenvalue weighted by atomic mass is 9.81. The number of carbonyl (C=O) groups is 1. The van der Waals surface area contributed by atoms with Gasteiger partial charge in [-0.1, -0.05) is 6.92 Å². The maximum absolute atomic E-state index is 11.0. The van der Waals surface area contributed by atoms with Crippen LogP contribution < -0.4 is 0 Å². The Kier molecular flexibility index (Phi) is 1.22. The fourth-order valence-electron chi connectivity index (χ4n) is 2.06. The highest BCUT2D eigenvalue weighted by molar-refractivity contribution is 5.75. The van der Waals surface area contributed by atoms with Gasteiger partial charge in [0.1, 0.15) is 6.10 Å². The van der Waals surface area contributed by atoms with E-state index in [0.29, 0.717) is 5.92 Å². The smallest absolute Gasteiger partial charge is 0.309 e. The molecule has 1 saturated heterocycles. The Bertz CT molecular complexity index is 165. The molecular weight excluding hydrogens is 128 g/mol. The number of hydrogen-bond acceptors (Lipinski definition) is 2. The summed E-state index contributed by atoms with van der Waals surface area (Å²) in [5, 5.41) is 0. The van der Waals surface area contributed by atoms with Crippen LogP contribution in [0.2, 0.25) is 0 Å². The fourth-order valence-corrected chi connectivity index (χ4v) is 2.06. The first-order valence-electron chi connectivity index (χ1n) is 3.99. The number of ether oxygens (including phenoxy) is 1. The molecule has 1 aliphatic carbocycles. The largest absolute Gasteiger partial charge is 0.462 e.